The third kappa shape index (κ3) is 16.8. The van der Waals surface area contributed by atoms with Gasteiger partial charge in [-0.15, -0.1) is 0 Å². The zero-order chi connectivity index (χ0) is 91.6. The Morgan fingerprint density at radius 1 is 0.123 bits per heavy atom. The van der Waals surface area contributed by atoms with Gasteiger partial charge in [0, 0.05) is 90.8 Å². The molecule has 0 spiro atoms. The first-order valence-corrected chi connectivity index (χ1v) is 46.1. The number of fused-ring (bicyclic) bond motifs is 14. The van der Waals surface area contributed by atoms with Crippen LogP contribution in [0.25, 0.3) is 233 Å². The largest absolute Gasteiger partial charge is 0.265 e. The Hall–Kier alpha value is -18.9. The molecular weight excluding hydrogens is 1680 g/mol. The molecule has 138 heavy (non-hydrogen) atoms. The molecule has 0 unspecified atom stereocenters. The molecular formula is C125H83N13. The van der Waals surface area contributed by atoms with Crippen LogP contribution in [0.1, 0.15) is 0 Å². The maximum atomic E-state index is 5.15. The molecule has 0 aliphatic carbocycles. The number of hydrogen-bond donors (Lipinski definition) is 0. The lowest BCUT2D eigenvalue weighted by atomic mass is 9.97. The van der Waals surface area contributed by atoms with E-state index in [1.165, 1.54) is 48.8 Å². The molecule has 13 heteroatoms. The fourth-order valence-electron chi connectivity index (χ4n) is 18.5. The average Bonchev–Trinajstić information content (AvgIpc) is 1.62. The van der Waals surface area contributed by atoms with Crippen LogP contribution in [0.4, 0.5) is 0 Å². The molecule has 0 saturated carbocycles. The van der Waals surface area contributed by atoms with Crippen LogP contribution in [0.15, 0.2) is 504 Å². The zero-order valence-corrected chi connectivity index (χ0v) is 74.7. The molecule has 27 rings (SSSR count). The van der Waals surface area contributed by atoms with E-state index < -0.39 is 0 Å². The number of para-hydroxylation sites is 4. The molecule has 0 bridgehead atoms. The number of pyridine rings is 9. The van der Waals surface area contributed by atoms with Crippen LogP contribution < -0.4 is 0 Å². The van der Waals surface area contributed by atoms with E-state index in [0.717, 1.165) is 184 Å². The van der Waals surface area contributed by atoms with Gasteiger partial charge >= 0.3 is 0 Å². The van der Waals surface area contributed by atoms with Crippen molar-refractivity contribution >= 4 is 87.2 Å². The van der Waals surface area contributed by atoms with Gasteiger partial charge in [-0.3, -0.25) is 9.97 Å². The minimum Gasteiger partial charge on any atom is -0.265 e. The van der Waals surface area contributed by atoms with Gasteiger partial charge in [0.1, 0.15) is 5.69 Å². The van der Waals surface area contributed by atoms with Crippen molar-refractivity contribution in [3.8, 4) is 146 Å². The molecule has 13 aromatic heterocycles. The molecule has 0 saturated heterocycles. The van der Waals surface area contributed by atoms with E-state index >= 15 is 0 Å². The van der Waals surface area contributed by atoms with Crippen molar-refractivity contribution in [2.75, 3.05) is 0 Å². The summed E-state index contributed by atoms with van der Waals surface area (Å²) in [6, 6.07) is 167. The van der Waals surface area contributed by atoms with Crippen molar-refractivity contribution in [1.29, 1.82) is 0 Å². The summed E-state index contributed by atoms with van der Waals surface area (Å²) in [7, 11) is 0. The number of aromatic nitrogens is 13. The number of rotatable bonds is 13. The van der Waals surface area contributed by atoms with Crippen LogP contribution in [0.3, 0.4) is 0 Å². The van der Waals surface area contributed by atoms with Crippen LogP contribution in [0.5, 0.6) is 0 Å². The second kappa shape index (κ2) is 36.4. The van der Waals surface area contributed by atoms with Gasteiger partial charge in [-0.05, 0) is 218 Å². The Morgan fingerprint density at radius 3 is 0.739 bits per heavy atom. The molecule has 13 nitrogen and oxygen atoms in total. The first-order valence-electron chi connectivity index (χ1n) is 46.1. The fourth-order valence-corrected chi connectivity index (χ4v) is 18.5. The van der Waals surface area contributed by atoms with E-state index in [1.54, 1.807) is 0 Å². The molecule has 648 valence electrons. The molecule has 27 aromatic rings. The van der Waals surface area contributed by atoms with E-state index in [4.69, 9.17) is 35.3 Å². The Bertz CT molecular complexity index is 8730. The highest BCUT2D eigenvalue weighted by Crippen LogP contribution is 2.39. The van der Waals surface area contributed by atoms with E-state index in [0.29, 0.717) is 0 Å². The highest BCUT2D eigenvalue weighted by Gasteiger charge is 2.20. The summed E-state index contributed by atoms with van der Waals surface area (Å²) in [5, 5.41) is 29.6. The standard InChI is InChI=1S/C38H25N5.C31H20N2.2C28H19N3/c1-2-4-38-32(3-1)13-14-34-25-37(42-43(34)38)33-23-35(30-9-5-26(6-10-30)28-15-19-39-20-16-28)41-36(24-33)31-11-7-27(8-12-31)29-17-21-40-22-18-29;1-2-7-23-17-24(10-9-21(23)5-1)25-11-12-27-19-28(14-13-26(27)18-25)30-20-29-16-15-22-6-3-4-8-31(22)33(29)32-30;1-3-9-20(10-4-1)25-17-23(18-26(29-25)21-11-5-2-6-12-21)27-19-24-16-15-22-13-7-8-14-28(22)31(24)30-27;1-3-9-20(10-4-1)23-17-25(21-11-5-2-6-12-21)29-26(18-23)27-19-24-16-15-22-13-7-8-14-28(22)31(24)30-27/h1-25H;1-20H;2*1-19H. The van der Waals surface area contributed by atoms with E-state index in [1.807, 2.05) is 134 Å². The summed E-state index contributed by atoms with van der Waals surface area (Å²) in [4.78, 5) is 23.4. The summed E-state index contributed by atoms with van der Waals surface area (Å²) in [5.74, 6) is 0. The first-order chi connectivity index (χ1) is 68.3. The van der Waals surface area contributed by atoms with Crippen LogP contribution in [-0.2, 0) is 0 Å². The van der Waals surface area contributed by atoms with Gasteiger partial charge < -0.3 is 0 Å². The molecule has 0 atom stereocenters. The van der Waals surface area contributed by atoms with E-state index in [2.05, 4.69) is 398 Å². The second-order valence-electron chi connectivity index (χ2n) is 34.3. The summed E-state index contributed by atoms with van der Waals surface area (Å²) >= 11 is 0. The van der Waals surface area contributed by atoms with Crippen molar-refractivity contribution in [1.82, 2.24) is 63.4 Å². The monoisotopic (exact) mass is 1770 g/mol. The smallest absolute Gasteiger partial charge is 0.112 e. The molecule has 0 fully saturated rings. The lowest BCUT2D eigenvalue weighted by Gasteiger charge is -2.10. The maximum absolute atomic E-state index is 5.15. The predicted octanol–water partition coefficient (Wildman–Crippen LogP) is 30.9. The van der Waals surface area contributed by atoms with Gasteiger partial charge in [0.15, 0.2) is 0 Å². The van der Waals surface area contributed by atoms with Crippen LogP contribution >= 0.6 is 0 Å². The first kappa shape index (κ1) is 82.3. The summed E-state index contributed by atoms with van der Waals surface area (Å²) in [6.07, 6.45) is 7.27. The predicted molar refractivity (Wildman–Crippen MR) is 565 cm³/mol. The zero-order valence-electron chi connectivity index (χ0n) is 74.7. The Morgan fingerprint density at radius 2 is 0.355 bits per heavy atom. The minimum atomic E-state index is 0.867. The van der Waals surface area contributed by atoms with Crippen LogP contribution in [-0.4, -0.2) is 63.4 Å². The van der Waals surface area contributed by atoms with Gasteiger partial charge in [0.05, 0.1) is 95.4 Å². The quantitative estimate of drug-likeness (QED) is 0.111. The highest BCUT2D eigenvalue weighted by atomic mass is 15.2. The highest BCUT2D eigenvalue weighted by molar-refractivity contribution is 5.95. The molecule has 0 amide bonds. The van der Waals surface area contributed by atoms with Crippen molar-refractivity contribution in [2.45, 2.75) is 0 Å². The van der Waals surface area contributed by atoms with Gasteiger partial charge in [-0.25, -0.2) is 33.0 Å². The van der Waals surface area contributed by atoms with Gasteiger partial charge in [0.25, 0.3) is 0 Å². The molecule has 14 aromatic carbocycles. The molecule has 0 aliphatic rings. The SMILES string of the molecule is c1ccc(-c2cc(-c3cc4ccc5ccccc5n4n3)cc(-c3ccccc3)n2)cc1.c1ccc(-c2cc(-c3ccccc3)nc(-c3cc4ccc5ccccc5n4n3)c2)cc1.c1ccc2c(c1)ccc1cc(-c3cc(-c4ccc(-c5ccncc5)cc4)nc(-c4ccc(-c5ccncc5)cc4)c3)nn12.c1ccc2cc(-c3ccc4cc(-c5cc6ccc7ccccc7n6n5)ccc4c3)ccc2c1. The minimum absolute atomic E-state index is 0.867. The van der Waals surface area contributed by atoms with Gasteiger partial charge in [-0.1, -0.05) is 328 Å². The average molecular weight is 1770 g/mol. The lowest BCUT2D eigenvalue weighted by molar-refractivity contribution is 1.00. The maximum Gasteiger partial charge on any atom is 0.112 e. The third-order valence-electron chi connectivity index (χ3n) is 25.6. The number of hydrogen-bond acceptors (Lipinski definition) is 9. The number of nitrogens with zero attached hydrogens (tertiary/aromatic N) is 13. The second-order valence-corrected chi connectivity index (χ2v) is 34.3. The molecule has 0 radical (unpaired) electrons. The number of benzene rings is 14. The Labute approximate surface area is 795 Å². The fraction of sp³-hybridized carbons (Fsp3) is 0. The van der Waals surface area contributed by atoms with Gasteiger partial charge in [0.2, 0.25) is 0 Å². The van der Waals surface area contributed by atoms with E-state index in [-0.39, 0.29) is 0 Å². The molecule has 0 aliphatic heterocycles. The van der Waals surface area contributed by atoms with E-state index in [9.17, 15) is 0 Å². The van der Waals surface area contributed by atoms with Crippen molar-refractivity contribution in [3.63, 3.8) is 0 Å². The topological polar surface area (TPSA) is 134 Å². The van der Waals surface area contributed by atoms with Crippen molar-refractivity contribution < 1.29 is 0 Å². The van der Waals surface area contributed by atoms with Crippen molar-refractivity contribution in [2.24, 2.45) is 0 Å². The normalized spacial score (nSPS) is 11.3. The molecule has 13 heterocycles. The Balaban J connectivity index is 0.000000101. The summed E-state index contributed by atoms with van der Waals surface area (Å²) < 4.78 is 8.09. The molecule has 0 N–H and O–H groups in total. The third-order valence-corrected chi connectivity index (χ3v) is 25.6. The van der Waals surface area contributed by atoms with Crippen LogP contribution in [0, 0.1) is 0 Å². The van der Waals surface area contributed by atoms with Gasteiger partial charge in [-0.2, -0.15) is 20.4 Å². The summed E-state index contributed by atoms with van der Waals surface area (Å²) in [6.45, 7) is 0. The lowest BCUT2D eigenvalue weighted by Crippen LogP contribution is -1.93. The van der Waals surface area contributed by atoms with Crippen LogP contribution in [0.2, 0.25) is 0 Å². The summed E-state index contributed by atoms with van der Waals surface area (Å²) in [5.41, 5.74) is 35.8. The Kier molecular flexibility index (Phi) is 21.7. The van der Waals surface area contributed by atoms with Crippen molar-refractivity contribution in [3.05, 3.63) is 504 Å².